The SMILES string of the molecule is C=C[C@@]1(OC)[C@@H](C(C)=O)CC2[C@H]3Cc4ccc(OC)c5c4C2(CCN3CC2CC2)[C@H]1O5. The highest BCUT2D eigenvalue weighted by Gasteiger charge is 2.72. The van der Waals surface area contributed by atoms with Gasteiger partial charge in [0.15, 0.2) is 11.5 Å². The number of piperidine rings is 1. The summed E-state index contributed by atoms with van der Waals surface area (Å²) in [5, 5.41) is 0. The Morgan fingerprint density at radius 3 is 2.81 bits per heavy atom. The van der Waals surface area contributed by atoms with E-state index in [1.807, 2.05) is 12.1 Å². The predicted octanol–water partition coefficient (Wildman–Crippen LogP) is 3.53. The zero-order chi connectivity index (χ0) is 21.5. The lowest BCUT2D eigenvalue weighted by Crippen LogP contribution is -2.73. The number of hydrogen-bond acceptors (Lipinski definition) is 5. The molecular formula is C26H33NO4. The second-order valence-corrected chi connectivity index (χ2v) is 10.4. The number of likely N-dealkylation sites (tertiary alicyclic amines) is 1. The molecular weight excluding hydrogens is 390 g/mol. The highest BCUT2D eigenvalue weighted by molar-refractivity contribution is 5.81. The molecule has 6 atom stereocenters. The molecule has 3 aliphatic carbocycles. The highest BCUT2D eigenvalue weighted by Crippen LogP contribution is 2.67. The molecule has 5 heteroatoms. The molecule has 2 saturated carbocycles. The van der Waals surface area contributed by atoms with Gasteiger partial charge >= 0.3 is 0 Å². The molecule has 0 N–H and O–H groups in total. The predicted molar refractivity (Wildman–Crippen MR) is 118 cm³/mol. The minimum Gasteiger partial charge on any atom is -0.493 e. The average Bonchev–Trinajstić information content (AvgIpc) is 3.52. The van der Waals surface area contributed by atoms with Crippen LogP contribution in [0.1, 0.15) is 43.7 Å². The minimum atomic E-state index is -0.829. The maximum atomic E-state index is 13.0. The fourth-order valence-corrected chi connectivity index (χ4v) is 7.73. The molecule has 166 valence electrons. The van der Waals surface area contributed by atoms with Gasteiger partial charge in [0.25, 0.3) is 0 Å². The standard InChI is InChI=1S/C26H33NO4/c1-5-26(30-4)18(15(2)28)13-19-20-12-17-8-9-21(29-3)23-22(17)25(19,24(26)31-23)10-11-27(20)14-16-6-7-16/h5,8-9,16,18-20,24H,1,6-7,10-14H2,2-4H3/t18-,19?,20-,24-,25?,26-/m1/s1. The Balaban J connectivity index is 1.57. The monoisotopic (exact) mass is 423 g/mol. The third-order valence-corrected chi connectivity index (χ3v) is 9.23. The average molecular weight is 424 g/mol. The number of ether oxygens (including phenoxy) is 3. The van der Waals surface area contributed by atoms with Gasteiger partial charge in [-0.2, -0.15) is 0 Å². The molecule has 2 aliphatic heterocycles. The van der Waals surface area contributed by atoms with Gasteiger partial charge in [0, 0.05) is 30.7 Å². The van der Waals surface area contributed by atoms with Gasteiger partial charge in [0.1, 0.15) is 17.5 Å². The number of hydrogen-bond donors (Lipinski definition) is 0. The molecule has 5 nitrogen and oxygen atoms in total. The van der Waals surface area contributed by atoms with E-state index in [1.54, 1.807) is 21.1 Å². The summed E-state index contributed by atoms with van der Waals surface area (Å²) >= 11 is 0. The molecule has 1 aromatic rings. The van der Waals surface area contributed by atoms with Crippen molar-refractivity contribution in [3.63, 3.8) is 0 Å². The Labute approximate surface area is 184 Å². The molecule has 1 saturated heterocycles. The molecule has 5 aliphatic rings. The van der Waals surface area contributed by atoms with Crippen molar-refractivity contribution >= 4 is 5.78 Å². The van der Waals surface area contributed by atoms with Crippen LogP contribution in [0.25, 0.3) is 0 Å². The zero-order valence-electron chi connectivity index (χ0n) is 18.9. The molecule has 1 spiro atoms. The van der Waals surface area contributed by atoms with Crippen LogP contribution in [0.15, 0.2) is 24.8 Å². The summed E-state index contributed by atoms with van der Waals surface area (Å²) in [4.78, 5) is 15.7. The largest absolute Gasteiger partial charge is 0.493 e. The molecule has 1 aromatic carbocycles. The fourth-order valence-electron chi connectivity index (χ4n) is 7.73. The molecule has 31 heavy (non-hydrogen) atoms. The lowest BCUT2D eigenvalue weighted by molar-refractivity contribution is -0.184. The van der Waals surface area contributed by atoms with Gasteiger partial charge in [-0.3, -0.25) is 9.69 Å². The van der Waals surface area contributed by atoms with E-state index in [0.717, 1.165) is 43.2 Å². The van der Waals surface area contributed by atoms with Crippen molar-refractivity contribution < 1.29 is 19.0 Å². The molecule has 3 fully saturated rings. The number of carbonyl (C=O) groups is 1. The highest BCUT2D eigenvalue weighted by atomic mass is 16.6. The summed E-state index contributed by atoms with van der Waals surface area (Å²) in [5.41, 5.74) is 1.73. The molecule has 2 unspecified atom stereocenters. The maximum Gasteiger partial charge on any atom is 0.165 e. The number of nitrogens with zero attached hydrogens (tertiary/aromatic N) is 1. The number of rotatable bonds is 6. The van der Waals surface area contributed by atoms with Crippen LogP contribution in [0.5, 0.6) is 11.5 Å². The van der Waals surface area contributed by atoms with Crippen LogP contribution in [0, 0.1) is 17.8 Å². The minimum absolute atomic E-state index is 0.154. The summed E-state index contributed by atoms with van der Waals surface area (Å²) in [6.45, 7) is 8.14. The molecule has 2 heterocycles. The van der Waals surface area contributed by atoms with E-state index < -0.39 is 5.60 Å². The normalized spacial score (nSPS) is 40.1. The van der Waals surface area contributed by atoms with Gasteiger partial charge < -0.3 is 14.2 Å². The number of methoxy groups -OCH3 is 2. The van der Waals surface area contributed by atoms with Crippen molar-refractivity contribution in [2.24, 2.45) is 17.8 Å². The van der Waals surface area contributed by atoms with Crippen molar-refractivity contribution in [1.29, 1.82) is 0 Å². The summed E-state index contributed by atoms with van der Waals surface area (Å²) in [7, 11) is 3.42. The van der Waals surface area contributed by atoms with E-state index in [9.17, 15) is 4.79 Å². The van der Waals surface area contributed by atoms with E-state index in [-0.39, 0.29) is 23.2 Å². The molecule has 6 rings (SSSR count). The van der Waals surface area contributed by atoms with Crippen molar-refractivity contribution in [2.75, 3.05) is 27.3 Å². The Morgan fingerprint density at radius 1 is 1.35 bits per heavy atom. The molecule has 0 aromatic heterocycles. The second kappa shape index (κ2) is 6.58. The first-order valence-corrected chi connectivity index (χ1v) is 11.8. The number of benzene rings is 1. The first-order valence-electron chi connectivity index (χ1n) is 11.8. The van der Waals surface area contributed by atoms with Crippen LogP contribution >= 0.6 is 0 Å². The maximum absolute atomic E-state index is 13.0. The Morgan fingerprint density at radius 2 is 2.16 bits per heavy atom. The zero-order valence-corrected chi connectivity index (χ0v) is 18.9. The Bertz CT molecular complexity index is 955. The van der Waals surface area contributed by atoms with Gasteiger partial charge in [0.2, 0.25) is 0 Å². The summed E-state index contributed by atoms with van der Waals surface area (Å²) in [6.07, 6.45) is 7.21. The lowest BCUT2D eigenvalue weighted by Gasteiger charge is -2.63. The van der Waals surface area contributed by atoms with Gasteiger partial charge in [-0.1, -0.05) is 12.1 Å². The van der Waals surface area contributed by atoms with Crippen LogP contribution in [-0.2, 0) is 21.4 Å². The first kappa shape index (κ1) is 19.8. The quantitative estimate of drug-likeness (QED) is 0.655. The van der Waals surface area contributed by atoms with Crippen molar-refractivity contribution in [1.82, 2.24) is 4.90 Å². The van der Waals surface area contributed by atoms with Crippen LogP contribution in [0.3, 0.4) is 0 Å². The van der Waals surface area contributed by atoms with Gasteiger partial charge in [-0.25, -0.2) is 0 Å². The summed E-state index contributed by atoms with van der Waals surface area (Å²) < 4.78 is 18.8. The summed E-state index contributed by atoms with van der Waals surface area (Å²) in [5.74, 6) is 2.81. The molecule has 0 radical (unpaired) electrons. The van der Waals surface area contributed by atoms with Crippen LogP contribution in [0.2, 0.25) is 0 Å². The number of Topliss-reactive ketones (excluding diaryl/α,β-unsaturated/α-hetero) is 1. The third kappa shape index (κ3) is 2.37. The van der Waals surface area contributed by atoms with Crippen LogP contribution < -0.4 is 9.47 Å². The van der Waals surface area contributed by atoms with Crippen molar-refractivity contribution in [3.8, 4) is 11.5 Å². The lowest BCUT2D eigenvalue weighted by atomic mass is 9.46. The molecule has 2 bridgehead atoms. The van der Waals surface area contributed by atoms with E-state index >= 15 is 0 Å². The van der Waals surface area contributed by atoms with Gasteiger partial charge in [0.05, 0.1) is 13.0 Å². The first-order chi connectivity index (χ1) is 15.0. The van der Waals surface area contributed by atoms with E-state index in [1.165, 1.54) is 30.5 Å². The van der Waals surface area contributed by atoms with Gasteiger partial charge in [-0.15, -0.1) is 6.58 Å². The fraction of sp³-hybridized carbons (Fsp3) is 0.654. The van der Waals surface area contributed by atoms with Crippen LogP contribution in [-0.4, -0.2) is 55.7 Å². The Hall–Kier alpha value is -1.85. The number of ketones is 1. The summed E-state index contributed by atoms with van der Waals surface area (Å²) in [6, 6.07) is 4.75. The van der Waals surface area contributed by atoms with Crippen LogP contribution in [0.4, 0.5) is 0 Å². The smallest absolute Gasteiger partial charge is 0.165 e. The molecule has 0 amide bonds. The third-order valence-electron chi connectivity index (χ3n) is 9.23. The van der Waals surface area contributed by atoms with Crippen molar-refractivity contribution in [3.05, 3.63) is 35.9 Å². The van der Waals surface area contributed by atoms with Gasteiger partial charge in [-0.05, 0) is 69.0 Å². The Kier molecular flexibility index (Phi) is 4.21. The van der Waals surface area contributed by atoms with Crippen molar-refractivity contribution in [2.45, 2.75) is 62.2 Å². The second-order valence-electron chi connectivity index (χ2n) is 10.4. The van der Waals surface area contributed by atoms with E-state index in [0.29, 0.717) is 12.0 Å². The van der Waals surface area contributed by atoms with E-state index in [4.69, 9.17) is 14.2 Å². The van der Waals surface area contributed by atoms with E-state index in [2.05, 4.69) is 17.5 Å². The topological polar surface area (TPSA) is 48.0 Å². The number of carbonyl (C=O) groups excluding carboxylic acids is 1.